The van der Waals surface area contributed by atoms with E-state index in [2.05, 4.69) is 45.5 Å². The minimum Gasteiger partial charge on any atom is -0.341 e. The largest absolute Gasteiger partial charge is 0.348 e. The Kier molecular flexibility index (Phi) is 8.67. The fourth-order valence-corrected chi connectivity index (χ4v) is 4.44. The molecule has 2 aromatic carbocycles. The summed E-state index contributed by atoms with van der Waals surface area (Å²) in [5, 5.41) is 11.5. The molecule has 2 heterocycles. The highest BCUT2D eigenvalue weighted by atomic mass is 35.5. The van der Waals surface area contributed by atoms with Gasteiger partial charge in [-0.1, -0.05) is 29.5 Å². The number of nitrogens with zero attached hydrogens (tertiary/aromatic N) is 3. The number of benzene rings is 2. The number of carbonyl (C=O) groups is 2. The lowest BCUT2D eigenvalue weighted by Gasteiger charge is -2.12. The number of aryl methyl sites for hydroxylation is 1. The van der Waals surface area contributed by atoms with E-state index in [0.29, 0.717) is 11.1 Å². The summed E-state index contributed by atoms with van der Waals surface area (Å²) in [7, 11) is 0. The molecule has 40 heavy (non-hydrogen) atoms. The number of carbonyl (C=O) groups excluding carboxylic acids is 2. The van der Waals surface area contributed by atoms with Crippen LogP contribution in [0.25, 0.3) is 21.9 Å². The molecule has 2 aromatic heterocycles. The molecule has 0 aliphatic carbocycles. The van der Waals surface area contributed by atoms with Gasteiger partial charge >= 0.3 is 5.91 Å². The van der Waals surface area contributed by atoms with Crippen LogP contribution in [0.4, 0.5) is 8.78 Å². The first-order chi connectivity index (χ1) is 19.0. The van der Waals surface area contributed by atoms with Gasteiger partial charge in [0, 0.05) is 22.6 Å². The lowest BCUT2D eigenvalue weighted by Crippen LogP contribution is -2.87. The second-order valence-electron chi connectivity index (χ2n) is 9.26. The zero-order valence-corrected chi connectivity index (χ0v) is 22.7. The molecule has 0 radical (unpaired) electrons. The highest BCUT2D eigenvalue weighted by Gasteiger charge is 2.22. The van der Waals surface area contributed by atoms with E-state index < -0.39 is 28.6 Å². The van der Waals surface area contributed by atoms with Crippen LogP contribution in [-0.2, 0) is 16.1 Å². The van der Waals surface area contributed by atoms with Crippen LogP contribution in [0.3, 0.4) is 0 Å². The van der Waals surface area contributed by atoms with E-state index in [1.165, 1.54) is 6.07 Å². The van der Waals surface area contributed by atoms with Gasteiger partial charge in [-0.3, -0.25) is 20.5 Å². The van der Waals surface area contributed by atoms with Crippen LogP contribution in [0.1, 0.15) is 36.8 Å². The van der Waals surface area contributed by atoms with Crippen LogP contribution in [0, 0.1) is 35.8 Å². The predicted octanol–water partition coefficient (Wildman–Crippen LogP) is 3.65. The zero-order valence-electron chi connectivity index (χ0n) is 22.0. The minimum atomic E-state index is -1.04. The second-order valence-corrected chi connectivity index (χ2v) is 9.67. The number of pyridine rings is 1. The molecule has 0 bridgehead atoms. The number of hydrogen-bond donors (Lipinski definition) is 3. The number of aromatic nitrogens is 3. The molecular weight excluding hydrogens is 538 g/mol. The van der Waals surface area contributed by atoms with Gasteiger partial charge in [-0.15, -0.1) is 0 Å². The summed E-state index contributed by atoms with van der Waals surface area (Å²) in [4.78, 5) is 34.5. The van der Waals surface area contributed by atoms with Crippen LogP contribution in [0.15, 0.2) is 54.2 Å². The van der Waals surface area contributed by atoms with Crippen molar-refractivity contribution in [2.75, 3.05) is 6.54 Å². The summed E-state index contributed by atoms with van der Waals surface area (Å²) in [6.07, 6.45) is 2.68. The number of rotatable bonds is 7. The first-order valence-electron chi connectivity index (χ1n) is 12.4. The molecule has 0 spiro atoms. The summed E-state index contributed by atoms with van der Waals surface area (Å²) < 4.78 is 28.7. The van der Waals surface area contributed by atoms with E-state index in [4.69, 9.17) is 17.0 Å². The van der Waals surface area contributed by atoms with E-state index >= 15 is 0 Å². The van der Waals surface area contributed by atoms with Gasteiger partial charge in [0.15, 0.2) is 11.6 Å². The third-order valence-electron chi connectivity index (χ3n) is 6.07. The molecule has 8 nitrogen and oxygen atoms in total. The molecule has 0 aliphatic rings. The Morgan fingerprint density at radius 3 is 2.65 bits per heavy atom. The summed E-state index contributed by atoms with van der Waals surface area (Å²) in [5.74, 6) is 3.24. The van der Waals surface area contributed by atoms with Crippen LogP contribution in [0.5, 0.6) is 0 Å². The molecule has 0 unspecified atom stereocenters. The molecule has 4 aromatic rings. The third kappa shape index (κ3) is 6.39. The highest BCUT2D eigenvalue weighted by Crippen LogP contribution is 2.28. The van der Waals surface area contributed by atoms with Crippen LogP contribution >= 0.6 is 11.6 Å². The Morgan fingerprint density at radius 1 is 1.18 bits per heavy atom. The number of hydrogen-bond acceptors (Lipinski definition) is 5. The molecule has 0 saturated heterocycles. The lowest BCUT2D eigenvalue weighted by atomic mass is 10.1. The van der Waals surface area contributed by atoms with Crippen molar-refractivity contribution in [1.29, 1.82) is 5.41 Å². The second kappa shape index (κ2) is 12.2. The van der Waals surface area contributed by atoms with Crippen molar-refractivity contribution in [3.63, 3.8) is 0 Å². The van der Waals surface area contributed by atoms with Crippen molar-refractivity contribution in [3.8, 4) is 11.8 Å². The van der Waals surface area contributed by atoms with Gasteiger partial charge in [0.1, 0.15) is 28.6 Å². The molecule has 204 valence electrons. The zero-order chi connectivity index (χ0) is 29.0. The smallest absolute Gasteiger partial charge is 0.341 e. The van der Waals surface area contributed by atoms with Crippen molar-refractivity contribution in [2.45, 2.75) is 33.4 Å². The van der Waals surface area contributed by atoms with Crippen molar-refractivity contribution < 1.29 is 23.7 Å². The molecule has 0 saturated carbocycles. The summed E-state index contributed by atoms with van der Waals surface area (Å²) in [5.41, 5.74) is 3.26. The first-order valence-corrected chi connectivity index (χ1v) is 12.7. The number of nitrogens with one attached hydrogen (secondary N) is 2. The number of halogens is 3. The third-order valence-corrected chi connectivity index (χ3v) is 6.18. The van der Waals surface area contributed by atoms with Gasteiger partial charge in [-0.05, 0) is 57.2 Å². The fraction of sp³-hybridized carbons (Fsp3) is 0.207. The Labute approximate surface area is 234 Å². The van der Waals surface area contributed by atoms with Crippen LogP contribution in [0.2, 0.25) is 0 Å². The average molecular weight is 564 g/mol. The maximum Gasteiger partial charge on any atom is 0.348 e. The fourth-order valence-electron chi connectivity index (χ4n) is 4.33. The summed E-state index contributed by atoms with van der Waals surface area (Å²) >= 11 is 5.61. The monoisotopic (exact) mass is 563 g/mol. The van der Waals surface area contributed by atoms with Gasteiger partial charge in [0.05, 0.1) is 23.8 Å². The van der Waals surface area contributed by atoms with Gasteiger partial charge in [0.2, 0.25) is 0 Å². The highest BCUT2D eigenvalue weighted by molar-refractivity contribution is 6.68. The van der Waals surface area contributed by atoms with Crippen molar-refractivity contribution in [3.05, 3.63) is 82.8 Å². The average Bonchev–Trinajstić information content (AvgIpc) is 3.26. The quantitative estimate of drug-likeness (QED) is 0.105. The molecule has 4 rings (SSSR count). The van der Waals surface area contributed by atoms with Crippen LogP contribution in [-0.4, -0.2) is 38.1 Å². The van der Waals surface area contributed by atoms with Crippen molar-refractivity contribution in [1.82, 2.24) is 19.9 Å². The van der Waals surface area contributed by atoms with E-state index in [1.54, 1.807) is 6.20 Å². The number of amides is 2. The molecule has 0 fully saturated rings. The summed E-state index contributed by atoms with van der Waals surface area (Å²) in [6.45, 7) is 6.01. The van der Waals surface area contributed by atoms with Gasteiger partial charge in [-0.25, -0.2) is 18.6 Å². The normalized spacial score (nSPS) is 11.5. The Bertz CT molecular complexity index is 1750. The topological polar surface area (TPSA) is 117 Å². The summed E-state index contributed by atoms with van der Waals surface area (Å²) in [6, 6.07) is 9.08. The lowest BCUT2D eigenvalue weighted by molar-refractivity contribution is -0.581. The molecule has 11 heteroatoms. The van der Waals surface area contributed by atoms with E-state index in [9.17, 15) is 18.4 Å². The minimum absolute atomic E-state index is 0.0462. The Hall–Kier alpha value is -4.46. The number of fused-ring (bicyclic) bond motifs is 3. The van der Waals surface area contributed by atoms with E-state index in [-0.39, 0.29) is 24.7 Å². The molecular formula is C29H26ClF2N6O2+. The Balaban J connectivity index is 1.47. The molecule has 4 N–H and O–H groups in total. The van der Waals surface area contributed by atoms with Crippen LogP contribution < -0.4 is 10.6 Å². The molecule has 0 atom stereocenters. The molecule has 0 aliphatic heterocycles. The Morgan fingerprint density at radius 2 is 1.95 bits per heavy atom. The number of imidazole rings is 1. The van der Waals surface area contributed by atoms with E-state index in [0.717, 1.165) is 51.3 Å². The van der Waals surface area contributed by atoms with Crippen molar-refractivity contribution in [2.24, 2.45) is 0 Å². The van der Waals surface area contributed by atoms with E-state index in [1.807, 2.05) is 25.1 Å². The maximum absolute atomic E-state index is 13.4. The first kappa shape index (κ1) is 28.5. The molecule has 2 amide bonds. The number of quaternary nitrogens is 1. The van der Waals surface area contributed by atoms with Crippen molar-refractivity contribution >= 4 is 50.5 Å². The number of nitrogens with two attached hydrogens (primary N) is 1. The maximum atomic E-state index is 13.4. The standard InChI is InChI=1S/C29H25ClF2N6O2/c1-16(2)38-17(3)37-25-15-35-24-9-7-18(11-20(24)27(25)38)5-4-10-34-28(39)21(13-26(30)33)29(40)36-14-19-6-8-22(31)23(32)12-19/h6-9,11-13,15-16,33H,10,14H2,1-3H3,(H,34,39)(H,36,40)/p+1/b21-13-,33-26?. The predicted molar refractivity (Wildman–Crippen MR) is 149 cm³/mol. The van der Waals surface area contributed by atoms with Gasteiger partial charge in [0.25, 0.3) is 5.91 Å². The number of primary amides is 1. The van der Waals surface area contributed by atoms with Gasteiger partial charge < -0.3 is 9.88 Å². The van der Waals surface area contributed by atoms with Gasteiger partial charge in [-0.2, -0.15) is 0 Å². The SMILES string of the molecule is Cc1nc2cnc3ccc(C#CCNC(=O)/C(=C/C(=N)Cl)C(=O)[NH2+]Cc4ccc(F)c(F)c4)cc3c2n1C(C)C. The number of allylic oxidation sites excluding steroid dienone is 1.